The van der Waals surface area contributed by atoms with Crippen molar-refractivity contribution in [3.8, 4) is 0 Å². The lowest BCUT2D eigenvalue weighted by Gasteiger charge is -2.17. The van der Waals surface area contributed by atoms with E-state index in [4.69, 9.17) is 0 Å². The zero-order valence-electron chi connectivity index (χ0n) is 12.9. The first-order valence-corrected chi connectivity index (χ1v) is 7.45. The molecule has 0 atom stereocenters. The molecule has 0 aromatic carbocycles. The van der Waals surface area contributed by atoms with Gasteiger partial charge in [0.2, 0.25) is 5.91 Å². The van der Waals surface area contributed by atoms with E-state index in [1.54, 1.807) is 4.90 Å². The Bertz CT molecular complexity index is 745. The van der Waals surface area contributed by atoms with Gasteiger partial charge in [-0.2, -0.15) is 0 Å². The molecule has 124 valence electrons. The molecule has 1 fully saturated rings. The van der Waals surface area contributed by atoms with Crippen LogP contribution >= 0.6 is 0 Å². The lowest BCUT2D eigenvalue weighted by atomic mass is 10.4. The number of likely N-dealkylation sites (tertiary alicyclic amines) is 1. The summed E-state index contributed by atoms with van der Waals surface area (Å²) in [5.41, 5.74) is -2.33. The summed E-state index contributed by atoms with van der Waals surface area (Å²) in [6, 6.07) is 0. The quantitative estimate of drug-likeness (QED) is 0.640. The molecule has 1 saturated heterocycles. The lowest BCUT2D eigenvalue weighted by molar-refractivity contribution is -0.130. The van der Waals surface area contributed by atoms with Crippen molar-refractivity contribution in [3.05, 3.63) is 56.8 Å². The average molecular weight is 320 g/mol. The van der Waals surface area contributed by atoms with Gasteiger partial charge in [0, 0.05) is 13.1 Å². The minimum absolute atomic E-state index is 0.0347. The van der Waals surface area contributed by atoms with E-state index >= 15 is 0 Å². The second-order valence-corrected chi connectivity index (χ2v) is 5.32. The molecule has 2 heterocycles. The summed E-state index contributed by atoms with van der Waals surface area (Å²) in [6.45, 7) is 7.81. The number of hydrogen-bond donors (Lipinski definition) is 0. The Balaban J connectivity index is 2.52. The molecule has 1 aromatic rings. The third kappa shape index (κ3) is 3.25. The van der Waals surface area contributed by atoms with Crippen molar-refractivity contribution in [2.45, 2.75) is 32.5 Å². The second-order valence-electron chi connectivity index (χ2n) is 5.32. The molecule has 0 spiro atoms. The Labute approximate surface area is 132 Å². The van der Waals surface area contributed by atoms with Crippen LogP contribution in [0.5, 0.6) is 0 Å². The number of amides is 1. The van der Waals surface area contributed by atoms with E-state index in [0.29, 0.717) is 13.1 Å². The predicted octanol–water partition coefficient (Wildman–Crippen LogP) is -0.834. The summed E-state index contributed by atoms with van der Waals surface area (Å²) in [5.74, 6) is -0.296. The van der Waals surface area contributed by atoms with Gasteiger partial charge < -0.3 is 4.90 Å². The number of carbonyl (C=O) groups is 1. The summed E-state index contributed by atoms with van der Waals surface area (Å²) in [6.07, 6.45) is 4.60. The molecule has 0 radical (unpaired) electrons. The first-order valence-electron chi connectivity index (χ1n) is 7.45. The van der Waals surface area contributed by atoms with Crippen LogP contribution in [0.4, 0.5) is 0 Å². The SMILES string of the molecule is C=CCn1c(=O)n(CC=C)c(=O)n(CC(=O)N2CCCC2)c1=O. The van der Waals surface area contributed by atoms with E-state index in [-0.39, 0.29) is 25.5 Å². The molecule has 0 aliphatic carbocycles. The Morgan fingerprint density at radius 3 is 1.74 bits per heavy atom. The summed E-state index contributed by atoms with van der Waals surface area (Å²) in [5, 5.41) is 0. The molecule has 0 bridgehead atoms. The molecule has 1 aliphatic heterocycles. The van der Waals surface area contributed by atoms with Gasteiger partial charge in [0.1, 0.15) is 6.54 Å². The van der Waals surface area contributed by atoms with Gasteiger partial charge >= 0.3 is 17.1 Å². The Morgan fingerprint density at radius 2 is 1.30 bits per heavy atom. The van der Waals surface area contributed by atoms with Crippen LogP contribution in [0.1, 0.15) is 12.8 Å². The van der Waals surface area contributed by atoms with Crippen molar-refractivity contribution in [1.82, 2.24) is 18.6 Å². The number of carbonyl (C=O) groups excluding carboxylic acids is 1. The van der Waals surface area contributed by atoms with Crippen molar-refractivity contribution in [2.75, 3.05) is 13.1 Å². The molecule has 0 N–H and O–H groups in total. The van der Waals surface area contributed by atoms with Crippen LogP contribution in [0.15, 0.2) is 39.7 Å². The fraction of sp³-hybridized carbons (Fsp3) is 0.467. The molecule has 23 heavy (non-hydrogen) atoms. The highest BCUT2D eigenvalue weighted by Gasteiger charge is 2.21. The molecule has 8 nitrogen and oxygen atoms in total. The van der Waals surface area contributed by atoms with Crippen LogP contribution in [0.3, 0.4) is 0 Å². The van der Waals surface area contributed by atoms with Gasteiger partial charge in [0.25, 0.3) is 0 Å². The number of hydrogen-bond acceptors (Lipinski definition) is 4. The molecule has 0 unspecified atom stereocenters. The van der Waals surface area contributed by atoms with E-state index in [1.165, 1.54) is 12.2 Å². The molecule has 1 amide bonds. The number of aromatic nitrogens is 3. The normalized spacial score (nSPS) is 14.0. The van der Waals surface area contributed by atoms with Crippen LogP contribution in [0, 0.1) is 0 Å². The molecule has 1 aromatic heterocycles. The van der Waals surface area contributed by atoms with Gasteiger partial charge in [-0.1, -0.05) is 12.2 Å². The molecule has 0 saturated carbocycles. The molecule has 2 rings (SSSR count). The van der Waals surface area contributed by atoms with E-state index in [2.05, 4.69) is 13.2 Å². The number of nitrogens with zero attached hydrogens (tertiary/aromatic N) is 4. The Kier molecular flexibility index (Phi) is 5.15. The van der Waals surface area contributed by atoms with Crippen molar-refractivity contribution < 1.29 is 4.79 Å². The van der Waals surface area contributed by atoms with Crippen LogP contribution in [0.2, 0.25) is 0 Å². The van der Waals surface area contributed by atoms with Gasteiger partial charge in [0.15, 0.2) is 0 Å². The smallest absolute Gasteiger partial charge is 0.337 e. The van der Waals surface area contributed by atoms with Gasteiger partial charge in [-0.25, -0.2) is 28.1 Å². The van der Waals surface area contributed by atoms with Crippen LogP contribution in [0.25, 0.3) is 0 Å². The predicted molar refractivity (Wildman–Crippen MR) is 85.4 cm³/mol. The van der Waals surface area contributed by atoms with Crippen molar-refractivity contribution >= 4 is 5.91 Å². The van der Waals surface area contributed by atoms with Crippen molar-refractivity contribution in [1.29, 1.82) is 0 Å². The van der Waals surface area contributed by atoms with E-state index < -0.39 is 17.1 Å². The Morgan fingerprint density at radius 1 is 0.870 bits per heavy atom. The maximum atomic E-state index is 12.4. The first-order chi connectivity index (χ1) is 11.0. The molecular formula is C15H20N4O4. The zero-order chi connectivity index (χ0) is 17.0. The zero-order valence-corrected chi connectivity index (χ0v) is 12.9. The summed E-state index contributed by atoms with van der Waals surface area (Å²) in [7, 11) is 0. The minimum atomic E-state index is -0.798. The van der Waals surface area contributed by atoms with Gasteiger partial charge in [-0.3, -0.25) is 4.79 Å². The van der Waals surface area contributed by atoms with Gasteiger partial charge in [-0.05, 0) is 12.8 Å². The van der Waals surface area contributed by atoms with E-state index in [9.17, 15) is 19.2 Å². The highest BCUT2D eigenvalue weighted by molar-refractivity contribution is 5.76. The first kappa shape index (κ1) is 16.7. The van der Waals surface area contributed by atoms with Gasteiger partial charge in [0.05, 0.1) is 13.1 Å². The lowest BCUT2D eigenvalue weighted by Crippen LogP contribution is -2.55. The van der Waals surface area contributed by atoms with E-state index in [1.807, 2.05) is 0 Å². The van der Waals surface area contributed by atoms with Crippen molar-refractivity contribution in [2.24, 2.45) is 0 Å². The third-order valence-electron chi connectivity index (χ3n) is 3.76. The summed E-state index contributed by atoms with van der Waals surface area (Å²) >= 11 is 0. The van der Waals surface area contributed by atoms with E-state index in [0.717, 1.165) is 26.5 Å². The monoisotopic (exact) mass is 320 g/mol. The maximum Gasteiger partial charge on any atom is 0.337 e. The molecule has 1 aliphatic rings. The highest BCUT2D eigenvalue weighted by atomic mass is 16.2. The second kappa shape index (κ2) is 7.08. The molecular weight excluding hydrogens is 300 g/mol. The third-order valence-corrected chi connectivity index (χ3v) is 3.76. The standard InChI is InChI=1S/C15H20N4O4/c1-3-7-17-13(21)18(8-4-2)15(23)19(14(17)22)11-12(20)16-9-5-6-10-16/h3-4H,1-2,5-11H2. The fourth-order valence-corrected chi connectivity index (χ4v) is 2.59. The maximum absolute atomic E-state index is 12.4. The average Bonchev–Trinajstić information content (AvgIpc) is 3.06. The van der Waals surface area contributed by atoms with Crippen LogP contribution < -0.4 is 17.1 Å². The van der Waals surface area contributed by atoms with Crippen molar-refractivity contribution in [3.63, 3.8) is 0 Å². The summed E-state index contributed by atoms with van der Waals surface area (Å²) < 4.78 is 2.57. The largest absolute Gasteiger partial charge is 0.341 e. The Hall–Kier alpha value is -2.64. The van der Waals surface area contributed by atoms with Gasteiger partial charge in [-0.15, -0.1) is 13.2 Å². The minimum Gasteiger partial charge on any atom is -0.341 e. The van der Waals surface area contributed by atoms with Crippen LogP contribution in [-0.4, -0.2) is 37.6 Å². The topological polar surface area (TPSA) is 86.3 Å². The number of allylic oxidation sites excluding steroid dienone is 2. The number of rotatable bonds is 6. The highest BCUT2D eigenvalue weighted by Crippen LogP contribution is 2.07. The summed E-state index contributed by atoms with van der Waals surface area (Å²) in [4.78, 5) is 50.8. The fourth-order valence-electron chi connectivity index (χ4n) is 2.59. The van der Waals surface area contributed by atoms with Crippen LogP contribution in [-0.2, 0) is 24.4 Å². The molecule has 8 heteroatoms.